The van der Waals surface area contributed by atoms with E-state index in [2.05, 4.69) is 56.1 Å². The molecule has 2 saturated carbocycles. The summed E-state index contributed by atoms with van der Waals surface area (Å²) in [6.07, 6.45) is 9.87. The topological polar surface area (TPSA) is 242 Å². The van der Waals surface area contributed by atoms with Gasteiger partial charge in [0.15, 0.2) is 34.4 Å². The minimum Gasteiger partial charge on any atom is -0.493 e. The van der Waals surface area contributed by atoms with Gasteiger partial charge in [0.05, 0.1) is 43.7 Å². The van der Waals surface area contributed by atoms with Crippen LogP contribution in [0.3, 0.4) is 0 Å². The van der Waals surface area contributed by atoms with Crippen molar-refractivity contribution in [2.45, 2.75) is 37.8 Å². The summed E-state index contributed by atoms with van der Waals surface area (Å²) in [4.78, 5) is 68.1. The molecule has 6 N–H and O–H groups in total. The Bertz CT molecular complexity index is 3150. The van der Waals surface area contributed by atoms with E-state index in [1.54, 1.807) is 45.6 Å². The van der Waals surface area contributed by atoms with Gasteiger partial charge >= 0.3 is 11.7 Å². The van der Waals surface area contributed by atoms with Gasteiger partial charge in [-0.05, 0) is 56.0 Å². The third-order valence-electron chi connectivity index (χ3n) is 9.91. The summed E-state index contributed by atoms with van der Waals surface area (Å²) >= 11 is 0. The maximum absolute atomic E-state index is 11.8. The third-order valence-corrected chi connectivity index (χ3v) is 9.91. The lowest BCUT2D eigenvalue weighted by molar-refractivity contribution is -0.124. The van der Waals surface area contributed by atoms with E-state index in [-0.39, 0.29) is 36.1 Å². The second kappa shape index (κ2) is 17.4. The summed E-state index contributed by atoms with van der Waals surface area (Å²) in [7, 11) is 2.93. The van der Waals surface area contributed by atoms with E-state index in [4.69, 9.17) is 18.1 Å². The number of rotatable bonds is 9. The first-order valence-electron chi connectivity index (χ1n) is 19.6. The second-order valence-electron chi connectivity index (χ2n) is 14.6. The molecule has 21 heteroatoms. The van der Waals surface area contributed by atoms with Crippen LogP contribution in [0.4, 0.5) is 45.0 Å². The number of hydrogen-bond donors (Lipinski definition) is 6. The Morgan fingerprint density at radius 3 is 1.97 bits per heavy atom. The first-order chi connectivity index (χ1) is 30.5. The van der Waals surface area contributed by atoms with Crippen LogP contribution in [0.1, 0.15) is 41.7 Å². The summed E-state index contributed by atoms with van der Waals surface area (Å²) in [5.41, 5.74) is 4.77. The van der Waals surface area contributed by atoms with Crippen LogP contribution < -0.4 is 37.7 Å². The van der Waals surface area contributed by atoms with Crippen molar-refractivity contribution in [3.05, 3.63) is 128 Å². The van der Waals surface area contributed by atoms with Gasteiger partial charge in [-0.1, -0.05) is 24.3 Å². The van der Waals surface area contributed by atoms with Gasteiger partial charge in [-0.25, -0.2) is 29.2 Å². The SMILES string of the molecule is CN1C(=O)CNC1=O.[C-]#[N+]c1ccc(Nc2cc(=NC3CC3)n3ncc(=Cc4[nH]c(=O)n(C)c4O)c3n2)cc1.[C-]#[N+]c1ccc(Nc2cc(NC3CC3)n3ncc(C=O)c3n2)cc1. The summed E-state index contributed by atoms with van der Waals surface area (Å²) in [6, 6.07) is 18.3. The lowest BCUT2D eigenvalue weighted by atomic mass is 10.3. The van der Waals surface area contributed by atoms with Crippen molar-refractivity contribution in [2.24, 2.45) is 12.0 Å². The van der Waals surface area contributed by atoms with E-state index >= 15 is 0 Å². The van der Waals surface area contributed by atoms with Crippen LogP contribution in [-0.4, -0.2) is 92.7 Å². The molecule has 0 unspecified atom stereocenters. The van der Waals surface area contributed by atoms with Crippen LogP contribution in [0.2, 0.25) is 0 Å². The van der Waals surface area contributed by atoms with Gasteiger partial charge < -0.3 is 31.4 Å². The fourth-order valence-electron chi connectivity index (χ4n) is 6.10. The second-order valence-corrected chi connectivity index (χ2v) is 14.6. The number of urea groups is 1. The molecular formula is C42H38N16O5. The molecule has 2 aromatic carbocycles. The van der Waals surface area contributed by atoms with Crippen molar-refractivity contribution in [2.75, 3.05) is 29.5 Å². The predicted molar refractivity (Wildman–Crippen MR) is 231 cm³/mol. The molecule has 63 heavy (non-hydrogen) atoms. The summed E-state index contributed by atoms with van der Waals surface area (Å²) < 4.78 is 4.42. The molecule has 0 atom stereocenters. The number of hydrogen-bond acceptors (Lipinski definition) is 13. The molecule has 3 amide bonds. The molecule has 6 heterocycles. The Kier molecular flexibility index (Phi) is 11.3. The largest absolute Gasteiger partial charge is 0.493 e. The molecule has 2 aliphatic carbocycles. The number of fused-ring (bicyclic) bond motifs is 2. The van der Waals surface area contributed by atoms with Crippen LogP contribution in [0.15, 0.2) is 82.8 Å². The highest BCUT2D eigenvalue weighted by Gasteiger charge is 2.24. The highest BCUT2D eigenvalue weighted by molar-refractivity contribution is 6.01. The number of carbonyl (C=O) groups is 3. The maximum Gasteiger partial charge on any atom is 0.328 e. The van der Waals surface area contributed by atoms with Crippen molar-refractivity contribution in [3.63, 3.8) is 0 Å². The van der Waals surface area contributed by atoms with E-state index < -0.39 is 5.69 Å². The number of aromatic amines is 1. The zero-order chi connectivity index (χ0) is 44.2. The molecule has 0 bridgehead atoms. The van der Waals surface area contributed by atoms with Crippen molar-refractivity contribution in [1.29, 1.82) is 0 Å². The average molecular weight is 847 g/mol. The Labute approximate surface area is 357 Å². The molecule has 7 aromatic rings. The molecule has 1 aliphatic heterocycles. The zero-order valence-corrected chi connectivity index (χ0v) is 33.8. The number of nitrogens with zero attached hydrogens (tertiary/aromatic N) is 11. The van der Waals surface area contributed by atoms with Crippen LogP contribution in [0, 0.1) is 13.1 Å². The fraction of sp³-hybridized carbons (Fsp3) is 0.214. The zero-order valence-electron chi connectivity index (χ0n) is 33.8. The minimum absolute atomic E-state index is 0.148. The number of likely N-dealkylation sites (N-methyl/N-ethyl adjacent to an activating group) is 1. The monoisotopic (exact) mass is 846 g/mol. The molecule has 316 valence electrons. The number of H-pyrrole nitrogens is 1. The average Bonchev–Trinajstić information content (AvgIpc) is 4.18. The van der Waals surface area contributed by atoms with Crippen LogP contribution in [-0.2, 0) is 11.8 Å². The molecule has 3 aliphatic rings. The molecular weight excluding hydrogens is 809 g/mol. The Morgan fingerprint density at radius 2 is 1.46 bits per heavy atom. The van der Waals surface area contributed by atoms with Gasteiger partial charge in [0.1, 0.15) is 23.1 Å². The number of carbonyl (C=O) groups excluding carboxylic acids is 3. The number of nitrogens with one attached hydrogen (secondary N) is 5. The summed E-state index contributed by atoms with van der Waals surface area (Å²) in [5.74, 6) is 1.65. The molecule has 0 radical (unpaired) electrons. The van der Waals surface area contributed by atoms with Crippen molar-refractivity contribution < 1.29 is 19.5 Å². The molecule has 0 spiro atoms. The standard InChI is InChI=1S/C21H18N8O2.C17H14N6O.C4H6N2O2/c1-22-13-3-5-14(6-4-13)24-17-10-18(25-15-7-8-15)29-19(27-17)12(11-23-29)9-16-20(30)28(2)21(31)26-16;1-18-12-2-4-13(5-3-12)20-15-8-16(21-14-6-7-14)23-17(22-15)11(10-24)9-19-23;1-6-3(7)2-5-4(6)8/h3-6,9-11,15,24,30H,7-8H2,2H3,(H,26,31);2-5,8-10,14,21H,6-7H2,(H,20,22);2H2,1H3,(H,5,8). The van der Waals surface area contributed by atoms with E-state index in [1.165, 1.54) is 20.3 Å². The Balaban J connectivity index is 0.000000150. The van der Waals surface area contributed by atoms with Crippen molar-refractivity contribution in [3.8, 4) is 5.88 Å². The molecule has 21 nitrogen and oxygen atoms in total. The number of anilines is 5. The highest BCUT2D eigenvalue weighted by Crippen LogP contribution is 2.28. The Morgan fingerprint density at radius 1 is 0.841 bits per heavy atom. The number of amides is 3. The third kappa shape index (κ3) is 9.32. The Hall–Kier alpha value is -8.85. The van der Waals surface area contributed by atoms with E-state index in [0.29, 0.717) is 56.6 Å². The maximum atomic E-state index is 11.8. The summed E-state index contributed by atoms with van der Waals surface area (Å²) in [5, 5.41) is 31.7. The number of benzene rings is 2. The number of imide groups is 1. The number of aromatic nitrogens is 8. The van der Waals surface area contributed by atoms with Gasteiger partial charge in [-0.2, -0.15) is 19.2 Å². The molecule has 1 saturated heterocycles. The van der Waals surface area contributed by atoms with Crippen molar-refractivity contribution in [1.82, 2.24) is 49.0 Å². The first kappa shape index (κ1) is 40.9. The predicted octanol–water partition coefficient (Wildman–Crippen LogP) is 3.95. The summed E-state index contributed by atoms with van der Waals surface area (Å²) in [6.45, 7) is 14.2. The van der Waals surface area contributed by atoms with Crippen LogP contribution in [0.25, 0.3) is 27.1 Å². The minimum atomic E-state index is -0.414. The lowest BCUT2D eigenvalue weighted by Gasteiger charge is -2.11. The van der Waals surface area contributed by atoms with Crippen molar-refractivity contribution >= 4 is 75.8 Å². The quantitative estimate of drug-likeness (QED) is 0.0688. The number of aromatic hydroxyl groups is 1. The van der Waals surface area contributed by atoms with Gasteiger partial charge in [-0.15, -0.1) is 0 Å². The smallest absolute Gasteiger partial charge is 0.328 e. The fourth-order valence-corrected chi connectivity index (χ4v) is 6.10. The normalized spacial score (nSPS) is 14.9. The van der Waals surface area contributed by atoms with Gasteiger partial charge in [0, 0.05) is 48.9 Å². The van der Waals surface area contributed by atoms with Gasteiger partial charge in [0.25, 0.3) is 0 Å². The van der Waals surface area contributed by atoms with Gasteiger partial charge in [-0.3, -0.25) is 24.0 Å². The van der Waals surface area contributed by atoms with Crippen LogP contribution in [0.5, 0.6) is 5.88 Å². The number of imidazole rings is 1. The molecule has 5 aromatic heterocycles. The molecule has 10 rings (SSSR count). The lowest BCUT2D eigenvalue weighted by Crippen LogP contribution is -2.25. The van der Waals surface area contributed by atoms with Crippen LogP contribution >= 0.6 is 0 Å². The number of aldehydes is 1. The van der Waals surface area contributed by atoms with Gasteiger partial charge in [0.2, 0.25) is 11.8 Å². The van der Waals surface area contributed by atoms with E-state index in [0.717, 1.165) is 58.6 Å². The highest BCUT2D eigenvalue weighted by atomic mass is 16.3. The van der Waals surface area contributed by atoms with E-state index in [1.807, 2.05) is 36.4 Å². The van der Waals surface area contributed by atoms with E-state index in [9.17, 15) is 24.3 Å². The first-order valence-corrected chi connectivity index (χ1v) is 19.6. The molecule has 3 fully saturated rings.